The highest BCUT2D eigenvalue weighted by atomic mass is 16.5. The van der Waals surface area contributed by atoms with Gasteiger partial charge < -0.3 is 19.9 Å². The van der Waals surface area contributed by atoms with Crippen LogP contribution >= 0.6 is 0 Å². The molecule has 1 aromatic rings. The normalized spacial score (nSPS) is 26.1. The molecule has 1 N–H and O–H groups in total. The van der Waals surface area contributed by atoms with Crippen molar-refractivity contribution < 1.29 is 14.3 Å². The molecule has 4 rings (SSSR count). The van der Waals surface area contributed by atoms with E-state index in [0.717, 1.165) is 45.2 Å². The van der Waals surface area contributed by atoms with Crippen LogP contribution in [0, 0.1) is 0 Å². The van der Waals surface area contributed by atoms with Gasteiger partial charge in [-0.25, -0.2) is 4.79 Å². The van der Waals surface area contributed by atoms with Crippen LogP contribution in [-0.2, 0) is 14.9 Å². The Hall–Kier alpha value is -2.08. The highest BCUT2D eigenvalue weighted by Crippen LogP contribution is 2.50. The van der Waals surface area contributed by atoms with Crippen molar-refractivity contribution in [1.29, 1.82) is 0 Å². The Morgan fingerprint density at radius 3 is 2.63 bits per heavy atom. The van der Waals surface area contributed by atoms with Crippen molar-refractivity contribution in [2.24, 2.45) is 0 Å². The van der Waals surface area contributed by atoms with Gasteiger partial charge in [-0.1, -0.05) is 24.3 Å². The van der Waals surface area contributed by atoms with E-state index in [-0.39, 0.29) is 29.5 Å². The van der Waals surface area contributed by atoms with Crippen LogP contribution in [0.3, 0.4) is 0 Å². The molecule has 0 saturated carbocycles. The highest BCUT2D eigenvalue weighted by Gasteiger charge is 2.46. The molecule has 146 valence electrons. The van der Waals surface area contributed by atoms with Gasteiger partial charge in [-0.15, -0.1) is 0 Å². The number of rotatable bonds is 2. The second-order valence-electron chi connectivity index (χ2n) is 8.30. The molecular weight excluding hydrogens is 342 g/mol. The van der Waals surface area contributed by atoms with Crippen molar-refractivity contribution in [1.82, 2.24) is 15.1 Å². The molecule has 2 saturated heterocycles. The van der Waals surface area contributed by atoms with Gasteiger partial charge in [-0.3, -0.25) is 4.79 Å². The molecule has 1 aromatic carbocycles. The maximum atomic E-state index is 12.6. The number of amides is 3. The number of benzene rings is 1. The van der Waals surface area contributed by atoms with Crippen LogP contribution in [0.25, 0.3) is 0 Å². The lowest BCUT2D eigenvalue weighted by molar-refractivity contribution is -0.130. The second kappa shape index (κ2) is 7.15. The van der Waals surface area contributed by atoms with Crippen molar-refractivity contribution in [3.8, 4) is 0 Å². The second-order valence-corrected chi connectivity index (χ2v) is 8.30. The fourth-order valence-electron chi connectivity index (χ4n) is 4.95. The first-order chi connectivity index (χ1) is 13.0. The number of hydrogen-bond donors (Lipinski definition) is 1. The largest absolute Gasteiger partial charge is 0.368 e. The van der Waals surface area contributed by atoms with E-state index in [1.54, 1.807) is 19.0 Å². The number of ether oxygens (including phenoxy) is 1. The van der Waals surface area contributed by atoms with Gasteiger partial charge in [-0.2, -0.15) is 0 Å². The third-order valence-corrected chi connectivity index (χ3v) is 6.41. The molecule has 1 aliphatic carbocycles. The lowest BCUT2D eigenvalue weighted by atomic mass is 9.73. The fraction of sp³-hybridized carbons (Fsp3) is 0.619. The van der Waals surface area contributed by atoms with Gasteiger partial charge in [-0.05, 0) is 43.2 Å². The minimum atomic E-state index is -0.298. The first-order valence-electron chi connectivity index (χ1n) is 9.98. The number of nitrogens with zero attached hydrogens (tertiary/aromatic N) is 2. The molecule has 2 atom stereocenters. The Morgan fingerprint density at radius 2 is 1.96 bits per heavy atom. The van der Waals surface area contributed by atoms with E-state index < -0.39 is 0 Å². The Balaban J connectivity index is 1.50. The van der Waals surface area contributed by atoms with Crippen LogP contribution in [0.4, 0.5) is 4.79 Å². The summed E-state index contributed by atoms with van der Waals surface area (Å²) in [6, 6.07) is 8.60. The standard InChI is InChI=1S/C21H29N3O3/c1-23(2)20(26)24-11-9-21(10-12-24)14-17(15-6-3-4-7-16(15)21)22-19(25)18-8-5-13-27-18/h3-4,6-7,17-18H,5,8-14H2,1-2H3,(H,22,25)/t17-,18+/m0/s1. The van der Waals surface area contributed by atoms with Crippen molar-refractivity contribution in [2.45, 2.75) is 49.7 Å². The predicted molar refractivity (Wildman–Crippen MR) is 102 cm³/mol. The number of carbonyl (C=O) groups is 2. The molecule has 3 aliphatic rings. The van der Waals surface area contributed by atoms with E-state index >= 15 is 0 Å². The van der Waals surface area contributed by atoms with Gasteiger partial charge in [0.2, 0.25) is 5.91 Å². The molecule has 2 fully saturated rings. The van der Waals surface area contributed by atoms with E-state index in [2.05, 4.69) is 23.5 Å². The van der Waals surface area contributed by atoms with Crippen LogP contribution in [0.1, 0.15) is 49.3 Å². The summed E-state index contributed by atoms with van der Waals surface area (Å²) in [6.07, 6.45) is 4.26. The average molecular weight is 371 g/mol. The van der Waals surface area contributed by atoms with Crippen molar-refractivity contribution in [3.63, 3.8) is 0 Å². The summed E-state index contributed by atoms with van der Waals surface area (Å²) >= 11 is 0. The SMILES string of the molecule is CN(C)C(=O)N1CCC2(CC1)C[C@H](NC(=O)[C@H]1CCCO1)c1ccccc12. The van der Waals surface area contributed by atoms with Crippen LogP contribution in [0.5, 0.6) is 0 Å². The minimum Gasteiger partial charge on any atom is -0.368 e. The van der Waals surface area contributed by atoms with Crippen molar-refractivity contribution in [2.75, 3.05) is 33.8 Å². The van der Waals surface area contributed by atoms with Gasteiger partial charge in [0.15, 0.2) is 0 Å². The van der Waals surface area contributed by atoms with Crippen LogP contribution < -0.4 is 5.32 Å². The zero-order chi connectivity index (χ0) is 19.0. The molecule has 0 bridgehead atoms. The van der Waals surface area contributed by atoms with Crippen molar-refractivity contribution >= 4 is 11.9 Å². The number of fused-ring (bicyclic) bond motifs is 2. The number of nitrogens with one attached hydrogen (secondary N) is 1. The quantitative estimate of drug-likeness (QED) is 0.869. The average Bonchev–Trinajstić information content (AvgIpc) is 3.30. The Bertz CT molecular complexity index is 719. The zero-order valence-electron chi connectivity index (χ0n) is 16.2. The number of piperidine rings is 1. The number of likely N-dealkylation sites (tertiary alicyclic amines) is 1. The molecule has 2 heterocycles. The lowest BCUT2D eigenvalue weighted by Crippen LogP contribution is -2.48. The molecule has 0 radical (unpaired) electrons. The first-order valence-corrected chi connectivity index (χ1v) is 9.98. The van der Waals surface area contributed by atoms with Gasteiger partial charge >= 0.3 is 6.03 Å². The topological polar surface area (TPSA) is 61.9 Å². The van der Waals surface area contributed by atoms with E-state index in [0.29, 0.717) is 6.61 Å². The van der Waals surface area contributed by atoms with Crippen molar-refractivity contribution in [3.05, 3.63) is 35.4 Å². The molecular formula is C21H29N3O3. The molecule has 0 unspecified atom stereocenters. The van der Waals surface area contributed by atoms with Crippen LogP contribution in [0.15, 0.2) is 24.3 Å². The van der Waals surface area contributed by atoms with E-state index in [1.807, 2.05) is 11.0 Å². The van der Waals surface area contributed by atoms with E-state index in [1.165, 1.54) is 11.1 Å². The molecule has 6 heteroatoms. The molecule has 3 amide bonds. The summed E-state index contributed by atoms with van der Waals surface area (Å²) in [6.45, 7) is 2.20. The van der Waals surface area contributed by atoms with Gasteiger partial charge in [0.05, 0.1) is 6.04 Å². The molecule has 2 aliphatic heterocycles. The molecule has 0 aromatic heterocycles. The smallest absolute Gasteiger partial charge is 0.319 e. The number of urea groups is 1. The maximum Gasteiger partial charge on any atom is 0.319 e. The van der Waals surface area contributed by atoms with E-state index in [4.69, 9.17) is 4.74 Å². The summed E-state index contributed by atoms with van der Waals surface area (Å²) in [5, 5.41) is 3.25. The highest BCUT2D eigenvalue weighted by molar-refractivity contribution is 5.81. The van der Waals surface area contributed by atoms with Gasteiger partial charge in [0.25, 0.3) is 0 Å². The predicted octanol–water partition coefficient (Wildman–Crippen LogP) is 2.44. The van der Waals surface area contributed by atoms with E-state index in [9.17, 15) is 9.59 Å². The first kappa shape index (κ1) is 18.3. The summed E-state index contributed by atoms with van der Waals surface area (Å²) in [7, 11) is 3.60. The summed E-state index contributed by atoms with van der Waals surface area (Å²) in [5.41, 5.74) is 2.63. The summed E-state index contributed by atoms with van der Waals surface area (Å²) in [5.74, 6) is 0.0181. The zero-order valence-corrected chi connectivity index (χ0v) is 16.2. The lowest BCUT2D eigenvalue weighted by Gasteiger charge is -2.41. The molecule has 27 heavy (non-hydrogen) atoms. The maximum absolute atomic E-state index is 12.6. The summed E-state index contributed by atoms with van der Waals surface area (Å²) < 4.78 is 5.55. The number of carbonyl (C=O) groups excluding carboxylic acids is 2. The third-order valence-electron chi connectivity index (χ3n) is 6.41. The Kier molecular flexibility index (Phi) is 4.84. The molecule has 6 nitrogen and oxygen atoms in total. The number of hydrogen-bond acceptors (Lipinski definition) is 3. The Labute approximate surface area is 160 Å². The van der Waals surface area contributed by atoms with Crippen LogP contribution in [-0.4, -0.2) is 61.6 Å². The van der Waals surface area contributed by atoms with Gasteiger partial charge in [0, 0.05) is 39.2 Å². The monoisotopic (exact) mass is 371 g/mol. The minimum absolute atomic E-state index is 0.0181. The van der Waals surface area contributed by atoms with Crippen LogP contribution in [0.2, 0.25) is 0 Å². The fourth-order valence-corrected chi connectivity index (χ4v) is 4.95. The molecule has 1 spiro atoms. The third kappa shape index (κ3) is 3.31. The summed E-state index contributed by atoms with van der Waals surface area (Å²) in [4.78, 5) is 28.5. The Morgan fingerprint density at radius 1 is 1.22 bits per heavy atom. The van der Waals surface area contributed by atoms with Gasteiger partial charge in [0.1, 0.15) is 6.10 Å².